The Labute approximate surface area is 146 Å². The Morgan fingerprint density at radius 2 is 1.45 bits per heavy atom. The fraction of sp³-hybridized carbons (Fsp3) is 0.684. The second-order valence-corrected chi connectivity index (χ2v) is 6.91. The first kappa shape index (κ1) is 19.8. The predicted molar refractivity (Wildman–Crippen MR) is 100 cm³/mol. The lowest BCUT2D eigenvalue weighted by atomic mass is 10.1. The zero-order valence-electron chi connectivity index (χ0n) is 14.0. The maximum absolute atomic E-state index is 6.17. The third kappa shape index (κ3) is 9.71. The number of halogens is 2. The van der Waals surface area contributed by atoms with Gasteiger partial charge in [-0.3, -0.25) is 0 Å². The number of unbranched alkanes of at least 4 members (excludes halogenated alkanes) is 7. The van der Waals surface area contributed by atoms with Gasteiger partial charge in [-0.1, -0.05) is 81.1 Å². The average molecular weight is 344 g/mol. The van der Waals surface area contributed by atoms with Gasteiger partial charge in [-0.05, 0) is 50.0 Å². The van der Waals surface area contributed by atoms with E-state index in [1.54, 1.807) is 0 Å². The zero-order valence-corrected chi connectivity index (χ0v) is 15.5. The summed E-state index contributed by atoms with van der Waals surface area (Å²) in [6, 6.07) is 5.77. The lowest BCUT2D eigenvalue weighted by molar-refractivity contribution is 0.551. The van der Waals surface area contributed by atoms with Crippen molar-refractivity contribution >= 4 is 23.2 Å². The van der Waals surface area contributed by atoms with Gasteiger partial charge in [0.2, 0.25) is 0 Å². The minimum absolute atomic E-state index is 0.710. The highest BCUT2D eigenvalue weighted by Gasteiger charge is 2.00. The fourth-order valence-electron chi connectivity index (χ4n) is 2.64. The Bertz CT molecular complexity index is 393. The highest BCUT2D eigenvalue weighted by atomic mass is 35.5. The molecule has 0 spiro atoms. The highest BCUT2D eigenvalue weighted by Crippen LogP contribution is 2.21. The van der Waals surface area contributed by atoms with Crippen molar-refractivity contribution in [2.24, 2.45) is 0 Å². The Morgan fingerprint density at radius 1 is 0.818 bits per heavy atom. The highest BCUT2D eigenvalue weighted by molar-refractivity contribution is 6.35. The van der Waals surface area contributed by atoms with E-state index in [4.69, 9.17) is 23.2 Å². The molecule has 0 bridgehead atoms. The van der Waals surface area contributed by atoms with Crippen molar-refractivity contribution in [3.05, 3.63) is 33.8 Å². The minimum Gasteiger partial charge on any atom is -0.317 e. The average Bonchev–Trinajstić information content (AvgIpc) is 2.50. The first-order valence-electron chi connectivity index (χ1n) is 8.88. The number of hydrogen-bond donors (Lipinski definition) is 1. The quantitative estimate of drug-likeness (QED) is 0.395. The Hall–Kier alpha value is -0.240. The summed E-state index contributed by atoms with van der Waals surface area (Å²) in [6.45, 7) is 4.48. The van der Waals surface area contributed by atoms with Gasteiger partial charge in [0, 0.05) is 10.0 Å². The van der Waals surface area contributed by atoms with Gasteiger partial charge in [0.25, 0.3) is 0 Å². The van der Waals surface area contributed by atoms with Gasteiger partial charge in [-0.2, -0.15) is 0 Å². The molecule has 126 valence electrons. The third-order valence-electron chi connectivity index (χ3n) is 4.02. The van der Waals surface area contributed by atoms with Crippen molar-refractivity contribution in [3.63, 3.8) is 0 Å². The van der Waals surface area contributed by atoms with Gasteiger partial charge < -0.3 is 5.32 Å². The summed E-state index contributed by atoms with van der Waals surface area (Å²) in [5, 5.41) is 5.03. The third-order valence-corrected chi connectivity index (χ3v) is 4.61. The van der Waals surface area contributed by atoms with Gasteiger partial charge in [-0.25, -0.2) is 0 Å². The van der Waals surface area contributed by atoms with E-state index in [9.17, 15) is 0 Å². The van der Waals surface area contributed by atoms with Crippen molar-refractivity contribution < 1.29 is 0 Å². The maximum atomic E-state index is 6.17. The lowest BCUT2D eigenvalue weighted by Crippen LogP contribution is -2.17. The van der Waals surface area contributed by atoms with E-state index in [0.29, 0.717) is 5.02 Å². The topological polar surface area (TPSA) is 12.0 Å². The smallest absolute Gasteiger partial charge is 0.0452 e. The van der Waals surface area contributed by atoms with Crippen LogP contribution in [0.25, 0.3) is 0 Å². The van der Waals surface area contributed by atoms with E-state index in [1.807, 2.05) is 18.2 Å². The first-order valence-corrected chi connectivity index (χ1v) is 9.64. The van der Waals surface area contributed by atoms with Crippen LogP contribution in [-0.2, 0) is 6.42 Å². The summed E-state index contributed by atoms with van der Waals surface area (Å²) in [5.74, 6) is 0. The molecule has 1 nitrogen and oxygen atoms in total. The summed E-state index contributed by atoms with van der Waals surface area (Å²) in [5.41, 5.74) is 1.19. The van der Waals surface area contributed by atoms with Crippen molar-refractivity contribution in [2.75, 3.05) is 13.1 Å². The molecule has 0 radical (unpaired) electrons. The van der Waals surface area contributed by atoms with E-state index in [2.05, 4.69) is 12.2 Å². The zero-order chi connectivity index (χ0) is 16.0. The van der Waals surface area contributed by atoms with E-state index in [1.165, 1.54) is 56.9 Å². The van der Waals surface area contributed by atoms with Gasteiger partial charge in [0.15, 0.2) is 0 Å². The van der Waals surface area contributed by atoms with E-state index >= 15 is 0 Å². The Morgan fingerprint density at radius 3 is 2.14 bits per heavy atom. The van der Waals surface area contributed by atoms with Crippen molar-refractivity contribution in [2.45, 2.75) is 71.1 Å². The van der Waals surface area contributed by atoms with E-state index in [0.717, 1.165) is 31.0 Å². The molecule has 0 atom stereocenters. The molecule has 1 N–H and O–H groups in total. The molecule has 0 saturated carbocycles. The van der Waals surface area contributed by atoms with Crippen LogP contribution in [0.2, 0.25) is 10.0 Å². The number of hydrogen-bond acceptors (Lipinski definition) is 1. The molecule has 1 rings (SSSR count). The Balaban J connectivity index is 1.89. The molecule has 0 aliphatic rings. The van der Waals surface area contributed by atoms with Crippen LogP contribution >= 0.6 is 23.2 Å². The monoisotopic (exact) mass is 343 g/mol. The van der Waals surface area contributed by atoms with Crippen molar-refractivity contribution in [3.8, 4) is 0 Å². The summed E-state index contributed by atoms with van der Waals surface area (Å²) in [6.07, 6.45) is 13.2. The minimum atomic E-state index is 0.710. The van der Waals surface area contributed by atoms with Crippen LogP contribution in [0.1, 0.15) is 70.3 Å². The number of rotatable bonds is 13. The molecule has 0 amide bonds. The molecule has 0 unspecified atom stereocenters. The number of aryl methyl sites for hydroxylation is 1. The standard InChI is InChI=1S/C19H31Cl2N/c1-2-3-4-5-6-7-8-9-14-22-15-10-11-17-12-13-18(20)16-19(17)21/h12-13,16,22H,2-11,14-15H2,1H3. The molecule has 0 saturated heterocycles. The van der Waals surface area contributed by atoms with Gasteiger partial charge in [0.05, 0.1) is 0 Å². The largest absolute Gasteiger partial charge is 0.317 e. The summed E-state index contributed by atoms with van der Waals surface area (Å²) >= 11 is 12.1. The van der Waals surface area contributed by atoms with Crippen LogP contribution < -0.4 is 5.32 Å². The second-order valence-electron chi connectivity index (χ2n) is 6.06. The van der Waals surface area contributed by atoms with Crippen LogP contribution in [-0.4, -0.2) is 13.1 Å². The van der Waals surface area contributed by atoms with Crippen LogP contribution in [0.3, 0.4) is 0 Å². The molecule has 1 aromatic rings. The van der Waals surface area contributed by atoms with Crippen molar-refractivity contribution in [1.82, 2.24) is 5.32 Å². The summed E-state index contributed by atoms with van der Waals surface area (Å²) < 4.78 is 0. The van der Waals surface area contributed by atoms with Gasteiger partial charge in [0.1, 0.15) is 0 Å². The molecule has 0 aliphatic heterocycles. The van der Waals surface area contributed by atoms with Crippen LogP contribution in [0.5, 0.6) is 0 Å². The van der Waals surface area contributed by atoms with Crippen LogP contribution in [0, 0.1) is 0 Å². The maximum Gasteiger partial charge on any atom is 0.0452 e. The summed E-state index contributed by atoms with van der Waals surface area (Å²) in [4.78, 5) is 0. The second kappa shape index (κ2) is 13.2. The molecule has 3 heteroatoms. The number of benzene rings is 1. The van der Waals surface area contributed by atoms with Gasteiger partial charge in [-0.15, -0.1) is 0 Å². The first-order chi connectivity index (χ1) is 10.7. The van der Waals surface area contributed by atoms with Crippen LogP contribution in [0.4, 0.5) is 0 Å². The Kier molecular flexibility index (Phi) is 11.9. The molecule has 0 heterocycles. The molecular formula is C19H31Cl2N. The molecule has 0 fully saturated rings. The van der Waals surface area contributed by atoms with E-state index in [-0.39, 0.29) is 0 Å². The normalized spacial score (nSPS) is 11.0. The molecule has 1 aromatic carbocycles. The van der Waals surface area contributed by atoms with Crippen LogP contribution in [0.15, 0.2) is 18.2 Å². The van der Waals surface area contributed by atoms with E-state index < -0.39 is 0 Å². The molecule has 0 aromatic heterocycles. The fourth-order valence-corrected chi connectivity index (χ4v) is 3.14. The van der Waals surface area contributed by atoms with Gasteiger partial charge >= 0.3 is 0 Å². The number of nitrogens with one attached hydrogen (secondary N) is 1. The molecule has 22 heavy (non-hydrogen) atoms. The van der Waals surface area contributed by atoms with Crippen molar-refractivity contribution in [1.29, 1.82) is 0 Å². The summed E-state index contributed by atoms with van der Waals surface area (Å²) in [7, 11) is 0. The predicted octanol–water partition coefficient (Wildman–Crippen LogP) is 6.66. The SMILES string of the molecule is CCCCCCCCCCNCCCc1ccc(Cl)cc1Cl. The lowest BCUT2D eigenvalue weighted by Gasteiger charge is -2.07. The molecule has 0 aliphatic carbocycles. The molecular weight excluding hydrogens is 313 g/mol.